The number of piperidine rings is 1. The highest BCUT2D eigenvalue weighted by atomic mass is 32.2. The Balaban J connectivity index is 1.53. The average molecular weight is 478 g/mol. The summed E-state index contributed by atoms with van der Waals surface area (Å²) in [5.41, 5.74) is 2.01. The van der Waals surface area contributed by atoms with Gasteiger partial charge in [-0.1, -0.05) is 12.5 Å². The minimum Gasteiger partial charge on any atom is -0.322 e. The molecule has 10 heteroatoms. The monoisotopic (exact) mass is 477 g/mol. The SMILES string of the molecule is Cc1ccc(S(=O)(=O)N2CCCCC2)cc1C(=O)Nc1ccc(N2CCCS2(=O)=O)cc1. The Bertz CT molecular complexity index is 1220. The molecule has 2 aromatic rings. The molecule has 0 saturated carbocycles. The molecule has 0 bridgehead atoms. The van der Waals surface area contributed by atoms with Gasteiger partial charge in [0.15, 0.2) is 0 Å². The van der Waals surface area contributed by atoms with Crippen LogP contribution in [0.25, 0.3) is 0 Å². The van der Waals surface area contributed by atoms with Crippen molar-refractivity contribution >= 4 is 37.3 Å². The molecule has 32 heavy (non-hydrogen) atoms. The standard InChI is InChI=1S/C22H27N3O5S2/c1-17-6-11-20(32(29,30)24-12-3-2-4-13-24)16-21(17)22(26)23-18-7-9-19(10-8-18)25-14-5-15-31(25,27)28/h6-11,16H,2-5,12-15H2,1H3,(H,23,26). The molecular weight excluding hydrogens is 450 g/mol. The fraction of sp³-hybridized carbons (Fsp3) is 0.409. The van der Waals surface area contributed by atoms with E-state index < -0.39 is 26.0 Å². The van der Waals surface area contributed by atoms with Crippen molar-refractivity contribution in [1.29, 1.82) is 0 Å². The number of benzene rings is 2. The molecule has 172 valence electrons. The first-order valence-corrected chi connectivity index (χ1v) is 13.8. The Morgan fingerprint density at radius 1 is 0.938 bits per heavy atom. The molecular formula is C22H27N3O5S2. The zero-order chi connectivity index (χ0) is 22.9. The number of anilines is 2. The Morgan fingerprint density at radius 3 is 2.25 bits per heavy atom. The summed E-state index contributed by atoms with van der Waals surface area (Å²) in [6, 6.07) is 11.2. The normalized spacial score (nSPS) is 19.1. The van der Waals surface area contributed by atoms with Gasteiger partial charge in [-0.2, -0.15) is 4.31 Å². The van der Waals surface area contributed by atoms with Gasteiger partial charge in [-0.3, -0.25) is 9.10 Å². The summed E-state index contributed by atoms with van der Waals surface area (Å²) < 4.78 is 53.0. The molecule has 8 nitrogen and oxygen atoms in total. The number of hydrogen-bond acceptors (Lipinski definition) is 5. The van der Waals surface area contributed by atoms with E-state index in [1.54, 1.807) is 43.3 Å². The van der Waals surface area contributed by atoms with Crippen LogP contribution in [0.2, 0.25) is 0 Å². The van der Waals surface area contributed by atoms with Crippen LogP contribution in [-0.4, -0.2) is 52.4 Å². The van der Waals surface area contributed by atoms with Gasteiger partial charge in [0.25, 0.3) is 5.91 Å². The Kier molecular flexibility index (Phi) is 6.28. The van der Waals surface area contributed by atoms with Crippen molar-refractivity contribution < 1.29 is 21.6 Å². The van der Waals surface area contributed by atoms with Crippen molar-refractivity contribution in [3.05, 3.63) is 53.6 Å². The lowest BCUT2D eigenvalue weighted by atomic mass is 10.1. The molecule has 0 spiro atoms. The molecule has 2 saturated heterocycles. The predicted molar refractivity (Wildman–Crippen MR) is 124 cm³/mol. The van der Waals surface area contributed by atoms with Gasteiger partial charge in [-0.15, -0.1) is 0 Å². The van der Waals surface area contributed by atoms with Crippen LogP contribution < -0.4 is 9.62 Å². The van der Waals surface area contributed by atoms with Gasteiger partial charge in [0.05, 0.1) is 16.3 Å². The van der Waals surface area contributed by atoms with Gasteiger partial charge in [0, 0.05) is 30.9 Å². The first-order chi connectivity index (χ1) is 15.2. The maximum absolute atomic E-state index is 13.0. The van der Waals surface area contributed by atoms with Crippen LogP contribution in [0.1, 0.15) is 41.6 Å². The quantitative estimate of drug-likeness (QED) is 0.713. The molecule has 0 aromatic heterocycles. The summed E-state index contributed by atoms with van der Waals surface area (Å²) in [6.07, 6.45) is 3.30. The van der Waals surface area contributed by atoms with Crippen LogP contribution in [0.5, 0.6) is 0 Å². The molecule has 2 aliphatic heterocycles. The molecule has 1 N–H and O–H groups in total. The second-order valence-electron chi connectivity index (χ2n) is 8.18. The fourth-order valence-electron chi connectivity index (χ4n) is 4.10. The molecule has 0 aliphatic carbocycles. The number of amides is 1. The van der Waals surface area contributed by atoms with Crippen LogP contribution in [0.3, 0.4) is 0 Å². The number of nitrogens with one attached hydrogen (secondary N) is 1. The van der Waals surface area contributed by atoms with Crippen LogP contribution in [0.15, 0.2) is 47.4 Å². The van der Waals surface area contributed by atoms with E-state index in [9.17, 15) is 21.6 Å². The van der Waals surface area contributed by atoms with Gasteiger partial charge < -0.3 is 5.32 Å². The van der Waals surface area contributed by atoms with E-state index in [1.165, 1.54) is 14.7 Å². The fourth-order valence-corrected chi connectivity index (χ4v) is 7.21. The first kappa shape index (κ1) is 22.8. The summed E-state index contributed by atoms with van der Waals surface area (Å²) >= 11 is 0. The van der Waals surface area contributed by atoms with Gasteiger partial charge in [-0.05, 0) is 68.1 Å². The van der Waals surface area contributed by atoms with Crippen molar-refractivity contribution in [3.63, 3.8) is 0 Å². The number of aryl methyl sites for hydroxylation is 1. The highest BCUT2D eigenvalue weighted by molar-refractivity contribution is 7.93. The predicted octanol–water partition coefficient (Wildman–Crippen LogP) is 2.96. The highest BCUT2D eigenvalue weighted by Crippen LogP contribution is 2.26. The highest BCUT2D eigenvalue weighted by Gasteiger charge is 2.29. The number of hydrogen-bond donors (Lipinski definition) is 1. The topological polar surface area (TPSA) is 104 Å². The summed E-state index contributed by atoms with van der Waals surface area (Å²) in [4.78, 5) is 13.0. The summed E-state index contributed by atoms with van der Waals surface area (Å²) in [5.74, 6) is -0.277. The van der Waals surface area contributed by atoms with Gasteiger partial charge in [0.1, 0.15) is 0 Å². The van der Waals surface area contributed by atoms with Crippen molar-refractivity contribution in [2.75, 3.05) is 35.0 Å². The number of carbonyl (C=O) groups excluding carboxylic acids is 1. The third-order valence-electron chi connectivity index (χ3n) is 5.92. The second kappa shape index (κ2) is 8.84. The van der Waals surface area contributed by atoms with E-state index in [-0.39, 0.29) is 16.2 Å². The van der Waals surface area contributed by atoms with Crippen LogP contribution in [0, 0.1) is 6.92 Å². The van der Waals surface area contributed by atoms with E-state index in [0.717, 1.165) is 19.3 Å². The van der Waals surface area contributed by atoms with Crippen LogP contribution >= 0.6 is 0 Å². The average Bonchev–Trinajstić information content (AvgIpc) is 3.14. The van der Waals surface area contributed by atoms with Crippen molar-refractivity contribution in [3.8, 4) is 0 Å². The summed E-state index contributed by atoms with van der Waals surface area (Å²) in [5, 5.41) is 2.78. The molecule has 0 unspecified atom stereocenters. The third-order valence-corrected chi connectivity index (χ3v) is 9.68. The zero-order valence-electron chi connectivity index (χ0n) is 18.0. The van der Waals surface area contributed by atoms with E-state index in [2.05, 4.69) is 5.32 Å². The van der Waals surface area contributed by atoms with Crippen LogP contribution in [-0.2, 0) is 20.0 Å². The second-order valence-corrected chi connectivity index (χ2v) is 12.1. The third kappa shape index (κ3) is 4.53. The Labute approximate surface area is 189 Å². The number of carbonyl (C=O) groups is 1. The minimum atomic E-state index is -3.64. The summed E-state index contributed by atoms with van der Waals surface area (Å²) in [6.45, 7) is 3.20. The molecule has 0 radical (unpaired) electrons. The van der Waals surface area contributed by atoms with Crippen molar-refractivity contribution in [2.24, 2.45) is 0 Å². The summed E-state index contributed by atoms with van der Waals surface area (Å²) in [7, 11) is -6.91. The lowest BCUT2D eigenvalue weighted by Gasteiger charge is -2.26. The van der Waals surface area contributed by atoms with Gasteiger partial charge in [0.2, 0.25) is 20.0 Å². The maximum atomic E-state index is 13.0. The van der Waals surface area contributed by atoms with Crippen molar-refractivity contribution in [1.82, 2.24) is 4.31 Å². The van der Waals surface area contributed by atoms with E-state index >= 15 is 0 Å². The lowest BCUT2D eigenvalue weighted by molar-refractivity contribution is 0.102. The lowest BCUT2D eigenvalue weighted by Crippen LogP contribution is -2.35. The molecule has 2 aromatic carbocycles. The molecule has 1 amide bonds. The molecule has 2 heterocycles. The van der Waals surface area contributed by atoms with E-state index in [0.29, 0.717) is 43.0 Å². The van der Waals surface area contributed by atoms with Gasteiger partial charge in [-0.25, -0.2) is 16.8 Å². The molecule has 2 fully saturated rings. The molecule has 2 aliphatic rings. The van der Waals surface area contributed by atoms with Gasteiger partial charge >= 0.3 is 0 Å². The number of sulfonamides is 2. The van der Waals surface area contributed by atoms with E-state index in [4.69, 9.17) is 0 Å². The zero-order valence-corrected chi connectivity index (χ0v) is 19.6. The Hall–Kier alpha value is -2.43. The minimum absolute atomic E-state index is 0.115. The van der Waals surface area contributed by atoms with Crippen LogP contribution in [0.4, 0.5) is 11.4 Å². The smallest absolute Gasteiger partial charge is 0.255 e. The number of nitrogens with zero attached hydrogens (tertiary/aromatic N) is 2. The van der Waals surface area contributed by atoms with Crippen molar-refractivity contribution in [2.45, 2.75) is 37.5 Å². The maximum Gasteiger partial charge on any atom is 0.255 e. The molecule has 4 rings (SSSR count). The Morgan fingerprint density at radius 2 is 1.62 bits per heavy atom. The molecule has 0 atom stereocenters. The largest absolute Gasteiger partial charge is 0.322 e. The first-order valence-electron chi connectivity index (χ1n) is 10.7. The van der Waals surface area contributed by atoms with E-state index in [1.807, 2.05) is 0 Å². The number of rotatable bonds is 5.